The molecule has 0 aromatic carbocycles. The summed E-state index contributed by atoms with van der Waals surface area (Å²) >= 11 is 0. The van der Waals surface area contributed by atoms with E-state index in [0.717, 1.165) is 32.2 Å². The first-order valence-corrected chi connectivity index (χ1v) is 5.75. The third-order valence-corrected chi connectivity index (χ3v) is 2.95. The summed E-state index contributed by atoms with van der Waals surface area (Å²) < 4.78 is 5.44. The molecule has 1 aliphatic rings. The molecule has 1 atom stereocenters. The van der Waals surface area contributed by atoms with Gasteiger partial charge >= 0.3 is 6.01 Å². The third-order valence-electron chi connectivity index (χ3n) is 2.95. The lowest BCUT2D eigenvalue weighted by Crippen LogP contribution is -2.29. The molecular formula is C10H18N4O2. The Labute approximate surface area is 94.4 Å². The predicted molar refractivity (Wildman–Crippen MR) is 58.9 cm³/mol. The molecule has 1 aromatic rings. The van der Waals surface area contributed by atoms with Gasteiger partial charge in [0.05, 0.1) is 6.54 Å². The molecule has 0 saturated carbocycles. The molecule has 0 amide bonds. The van der Waals surface area contributed by atoms with Crippen LogP contribution in [0.25, 0.3) is 0 Å². The quantitative estimate of drug-likeness (QED) is 0.749. The standard InChI is InChI=1S/C10H18N4O2/c11-7-9-12-13-10(16-9)14-5-1-3-8(14)4-2-6-15/h8,15H,1-7,11H2. The second kappa shape index (κ2) is 5.27. The summed E-state index contributed by atoms with van der Waals surface area (Å²) in [4.78, 5) is 2.13. The first kappa shape index (κ1) is 11.3. The monoisotopic (exact) mass is 226 g/mol. The van der Waals surface area contributed by atoms with Crippen molar-refractivity contribution < 1.29 is 9.52 Å². The SMILES string of the molecule is NCc1nnc(N2CCCC2CCCO)o1. The Balaban J connectivity index is 2.01. The highest BCUT2D eigenvalue weighted by atomic mass is 16.4. The molecule has 0 radical (unpaired) electrons. The van der Waals surface area contributed by atoms with Gasteiger partial charge in [-0.15, -0.1) is 5.10 Å². The van der Waals surface area contributed by atoms with E-state index in [-0.39, 0.29) is 13.2 Å². The van der Waals surface area contributed by atoms with Gasteiger partial charge in [0.15, 0.2) is 0 Å². The summed E-state index contributed by atoms with van der Waals surface area (Å²) in [5, 5.41) is 16.7. The second-order valence-electron chi connectivity index (χ2n) is 4.04. The van der Waals surface area contributed by atoms with E-state index >= 15 is 0 Å². The number of anilines is 1. The maximum Gasteiger partial charge on any atom is 0.318 e. The minimum absolute atomic E-state index is 0.238. The van der Waals surface area contributed by atoms with E-state index in [9.17, 15) is 0 Å². The molecule has 1 saturated heterocycles. The molecule has 0 aliphatic carbocycles. The first-order chi connectivity index (χ1) is 7.85. The molecule has 1 aliphatic heterocycles. The summed E-state index contributed by atoms with van der Waals surface area (Å²) in [5.41, 5.74) is 5.43. The highest BCUT2D eigenvalue weighted by molar-refractivity contribution is 5.28. The maximum absolute atomic E-state index is 8.84. The minimum Gasteiger partial charge on any atom is -0.407 e. The molecule has 6 nitrogen and oxygen atoms in total. The molecule has 1 fully saturated rings. The van der Waals surface area contributed by atoms with Crippen LogP contribution < -0.4 is 10.6 Å². The number of aliphatic hydroxyl groups is 1. The Morgan fingerprint density at radius 3 is 3.06 bits per heavy atom. The van der Waals surface area contributed by atoms with Crippen LogP contribution in [0, 0.1) is 0 Å². The van der Waals surface area contributed by atoms with Gasteiger partial charge in [-0.1, -0.05) is 5.10 Å². The molecule has 6 heteroatoms. The molecule has 3 N–H and O–H groups in total. The van der Waals surface area contributed by atoms with Crippen LogP contribution in [0.3, 0.4) is 0 Å². The van der Waals surface area contributed by atoms with Crippen molar-refractivity contribution >= 4 is 6.01 Å². The van der Waals surface area contributed by atoms with E-state index < -0.39 is 0 Å². The summed E-state index contributed by atoms with van der Waals surface area (Å²) in [5.74, 6) is 0.475. The van der Waals surface area contributed by atoms with Crippen LogP contribution in [-0.4, -0.2) is 34.5 Å². The molecule has 1 unspecified atom stereocenters. The van der Waals surface area contributed by atoms with Crippen LogP contribution in [0.2, 0.25) is 0 Å². The Morgan fingerprint density at radius 2 is 2.38 bits per heavy atom. The molecule has 2 rings (SSSR count). The zero-order valence-electron chi connectivity index (χ0n) is 9.30. The third kappa shape index (κ3) is 2.33. The van der Waals surface area contributed by atoms with E-state index in [1.807, 2.05) is 0 Å². The summed E-state index contributed by atoms with van der Waals surface area (Å²) in [6, 6.07) is 0.985. The molecule has 1 aromatic heterocycles. The van der Waals surface area contributed by atoms with Crippen LogP contribution in [0.15, 0.2) is 4.42 Å². The average molecular weight is 226 g/mol. The van der Waals surface area contributed by atoms with Crippen molar-refractivity contribution in [3.8, 4) is 0 Å². The minimum atomic E-state index is 0.238. The van der Waals surface area contributed by atoms with Crippen molar-refractivity contribution in [3.63, 3.8) is 0 Å². The highest BCUT2D eigenvalue weighted by Crippen LogP contribution is 2.26. The van der Waals surface area contributed by atoms with Crippen LogP contribution in [0.1, 0.15) is 31.6 Å². The fourth-order valence-corrected chi connectivity index (χ4v) is 2.16. The van der Waals surface area contributed by atoms with Crippen LogP contribution in [0.4, 0.5) is 6.01 Å². The van der Waals surface area contributed by atoms with Gasteiger partial charge in [-0.25, -0.2) is 0 Å². The zero-order chi connectivity index (χ0) is 11.4. The number of aliphatic hydroxyl groups excluding tert-OH is 1. The van der Waals surface area contributed by atoms with Gasteiger partial charge in [0.1, 0.15) is 0 Å². The van der Waals surface area contributed by atoms with Crippen LogP contribution in [-0.2, 0) is 6.54 Å². The van der Waals surface area contributed by atoms with Crippen molar-refractivity contribution in [3.05, 3.63) is 5.89 Å². The first-order valence-electron chi connectivity index (χ1n) is 5.75. The van der Waals surface area contributed by atoms with Gasteiger partial charge in [0.2, 0.25) is 5.89 Å². The smallest absolute Gasteiger partial charge is 0.318 e. The lowest BCUT2D eigenvalue weighted by molar-refractivity contribution is 0.279. The van der Waals surface area contributed by atoms with E-state index in [1.165, 1.54) is 0 Å². The van der Waals surface area contributed by atoms with Gasteiger partial charge in [-0.2, -0.15) is 0 Å². The number of nitrogens with two attached hydrogens (primary N) is 1. The van der Waals surface area contributed by atoms with Gasteiger partial charge in [-0.3, -0.25) is 0 Å². The Kier molecular flexibility index (Phi) is 3.74. The van der Waals surface area contributed by atoms with Crippen LogP contribution >= 0.6 is 0 Å². The van der Waals surface area contributed by atoms with E-state index in [2.05, 4.69) is 15.1 Å². The van der Waals surface area contributed by atoms with E-state index in [1.54, 1.807) is 0 Å². The van der Waals surface area contributed by atoms with Crippen molar-refractivity contribution in [2.24, 2.45) is 5.73 Å². The van der Waals surface area contributed by atoms with Gasteiger partial charge in [0, 0.05) is 19.2 Å². The number of hydrogen-bond acceptors (Lipinski definition) is 6. The van der Waals surface area contributed by atoms with Crippen molar-refractivity contribution in [2.45, 2.75) is 38.3 Å². The second-order valence-corrected chi connectivity index (χ2v) is 4.04. The summed E-state index contributed by atoms with van der Waals surface area (Å²) in [6.07, 6.45) is 4.05. The molecule has 90 valence electrons. The molecule has 0 spiro atoms. The Morgan fingerprint density at radius 1 is 1.50 bits per heavy atom. The Hall–Kier alpha value is -1.14. The van der Waals surface area contributed by atoms with Crippen LogP contribution in [0.5, 0.6) is 0 Å². The number of hydrogen-bond donors (Lipinski definition) is 2. The lowest BCUT2D eigenvalue weighted by Gasteiger charge is -2.21. The fraction of sp³-hybridized carbons (Fsp3) is 0.800. The van der Waals surface area contributed by atoms with Gasteiger partial charge < -0.3 is 20.2 Å². The summed E-state index contributed by atoms with van der Waals surface area (Å²) in [6.45, 7) is 1.46. The van der Waals surface area contributed by atoms with E-state index in [0.29, 0.717) is 17.9 Å². The number of nitrogens with zero attached hydrogens (tertiary/aromatic N) is 3. The number of aromatic nitrogens is 2. The Bertz CT molecular complexity index is 328. The molecule has 16 heavy (non-hydrogen) atoms. The predicted octanol–water partition coefficient (Wildman–Crippen LogP) is 0.270. The van der Waals surface area contributed by atoms with E-state index in [4.69, 9.17) is 15.3 Å². The number of rotatable bonds is 5. The summed E-state index contributed by atoms with van der Waals surface area (Å²) in [7, 11) is 0. The van der Waals surface area contributed by atoms with Crippen molar-refractivity contribution in [2.75, 3.05) is 18.1 Å². The molecule has 0 bridgehead atoms. The fourth-order valence-electron chi connectivity index (χ4n) is 2.16. The maximum atomic E-state index is 8.84. The highest BCUT2D eigenvalue weighted by Gasteiger charge is 2.27. The lowest BCUT2D eigenvalue weighted by atomic mass is 10.1. The topological polar surface area (TPSA) is 88.4 Å². The van der Waals surface area contributed by atoms with Gasteiger partial charge in [-0.05, 0) is 25.7 Å². The zero-order valence-corrected chi connectivity index (χ0v) is 9.30. The average Bonchev–Trinajstić information content (AvgIpc) is 2.94. The normalized spacial score (nSPS) is 20.6. The largest absolute Gasteiger partial charge is 0.407 e. The van der Waals surface area contributed by atoms with Crippen molar-refractivity contribution in [1.82, 2.24) is 10.2 Å². The van der Waals surface area contributed by atoms with Gasteiger partial charge in [0.25, 0.3) is 0 Å². The molecule has 2 heterocycles. The van der Waals surface area contributed by atoms with Crippen molar-refractivity contribution in [1.29, 1.82) is 0 Å². The molecular weight excluding hydrogens is 208 g/mol.